The van der Waals surface area contributed by atoms with Crippen molar-refractivity contribution in [2.24, 2.45) is 0 Å². The number of pyridine rings is 1. The van der Waals surface area contributed by atoms with Crippen LogP contribution in [0.2, 0.25) is 5.02 Å². The number of rotatable bonds is 5. The zero-order chi connectivity index (χ0) is 12.4. The lowest BCUT2D eigenvalue weighted by molar-refractivity contribution is 0.248. The largest absolute Gasteiger partial charge is 0.291 e. The van der Waals surface area contributed by atoms with E-state index in [9.17, 15) is 0 Å². The summed E-state index contributed by atoms with van der Waals surface area (Å²) in [6.45, 7) is 1.95. The highest BCUT2D eigenvalue weighted by Crippen LogP contribution is 2.32. The molecule has 0 N–H and O–H groups in total. The summed E-state index contributed by atoms with van der Waals surface area (Å²) in [5, 5.41) is 2.97. The van der Waals surface area contributed by atoms with Crippen molar-refractivity contribution in [2.45, 2.75) is 32.0 Å². The van der Waals surface area contributed by atoms with Gasteiger partial charge in [-0.15, -0.1) is 11.3 Å². The number of halogens is 1. The molecule has 2 nitrogen and oxygen atoms in total. The molecule has 4 heteroatoms. The number of nitrogens with zero attached hydrogens (tertiary/aromatic N) is 2. The van der Waals surface area contributed by atoms with Crippen LogP contribution in [0, 0.1) is 0 Å². The molecule has 0 aromatic carbocycles. The summed E-state index contributed by atoms with van der Waals surface area (Å²) >= 11 is 7.93. The van der Waals surface area contributed by atoms with Crippen LogP contribution in [-0.2, 0) is 13.1 Å². The first-order valence-corrected chi connectivity index (χ1v) is 7.43. The molecule has 1 saturated carbocycles. The van der Waals surface area contributed by atoms with Crippen LogP contribution in [0.5, 0.6) is 0 Å². The second-order valence-corrected chi connectivity index (χ2v) is 6.09. The van der Waals surface area contributed by atoms with E-state index in [0.29, 0.717) is 0 Å². The van der Waals surface area contributed by atoms with E-state index in [1.54, 1.807) is 11.3 Å². The number of hydrogen-bond acceptors (Lipinski definition) is 3. The van der Waals surface area contributed by atoms with E-state index in [1.807, 2.05) is 18.5 Å². The summed E-state index contributed by atoms with van der Waals surface area (Å²) in [5.41, 5.74) is 1.32. The maximum absolute atomic E-state index is 6.19. The molecule has 2 aromatic heterocycles. The Bertz CT molecular complexity index is 508. The summed E-state index contributed by atoms with van der Waals surface area (Å²) in [6.07, 6.45) is 6.35. The van der Waals surface area contributed by atoms with Crippen molar-refractivity contribution in [3.05, 3.63) is 51.4 Å². The maximum atomic E-state index is 6.19. The molecule has 0 saturated heterocycles. The van der Waals surface area contributed by atoms with Gasteiger partial charge in [0, 0.05) is 36.4 Å². The third-order valence-electron chi connectivity index (χ3n) is 3.24. The van der Waals surface area contributed by atoms with Gasteiger partial charge in [0.25, 0.3) is 0 Å². The van der Waals surface area contributed by atoms with E-state index in [4.69, 9.17) is 11.6 Å². The zero-order valence-electron chi connectivity index (χ0n) is 10.1. The standard InChI is InChI=1S/C14H15ClN2S/c15-13-5-8-18-14(13)10-17(12-1-2-12)9-11-3-6-16-7-4-11/h3-8,12H,1-2,9-10H2. The minimum atomic E-state index is 0.733. The monoisotopic (exact) mass is 278 g/mol. The van der Waals surface area contributed by atoms with Crippen molar-refractivity contribution in [1.29, 1.82) is 0 Å². The minimum absolute atomic E-state index is 0.733. The third kappa shape index (κ3) is 2.91. The molecule has 3 rings (SSSR count). The SMILES string of the molecule is Clc1ccsc1CN(Cc1ccncc1)C1CC1. The lowest BCUT2D eigenvalue weighted by atomic mass is 10.2. The average molecular weight is 279 g/mol. The normalized spacial score (nSPS) is 15.2. The Labute approximate surface area is 116 Å². The van der Waals surface area contributed by atoms with Gasteiger partial charge < -0.3 is 0 Å². The Balaban J connectivity index is 1.71. The molecule has 0 atom stereocenters. The van der Waals surface area contributed by atoms with E-state index < -0.39 is 0 Å². The van der Waals surface area contributed by atoms with Crippen LogP contribution >= 0.6 is 22.9 Å². The van der Waals surface area contributed by atoms with E-state index in [-0.39, 0.29) is 0 Å². The van der Waals surface area contributed by atoms with E-state index in [0.717, 1.165) is 24.2 Å². The van der Waals surface area contributed by atoms with Gasteiger partial charge in [0.2, 0.25) is 0 Å². The first-order chi connectivity index (χ1) is 8.83. The van der Waals surface area contributed by atoms with E-state index in [1.165, 1.54) is 23.3 Å². The minimum Gasteiger partial charge on any atom is -0.291 e. The summed E-state index contributed by atoms with van der Waals surface area (Å²) in [6, 6.07) is 6.90. The van der Waals surface area contributed by atoms with Crippen molar-refractivity contribution in [1.82, 2.24) is 9.88 Å². The Morgan fingerprint density at radius 3 is 2.61 bits per heavy atom. The highest BCUT2D eigenvalue weighted by atomic mass is 35.5. The fourth-order valence-corrected chi connectivity index (χ4v) is 3.22. The summed E-state index contributed by atoms with van der Waals surface area (Å²) in [7, 11) is 0. The predicted molar refractivity (Wildman–Crippen MR) is 75.8 cm³/mol. The van der Waals surface area contributed by atoms with E-state index in [2.05, 4.69) is 27.4 Å². The molecule has 0 bridgehead atoms. The quantitative estimate of drug-likeness (QED) is 0.823. The maximum Gasteiger partial charge on any atom is 0.0558 e. The van der Waals surface area contributed by atoms with Crippen molar-refractivity contribution in [3.63, 3.8) is 0 Å². The number of hydrogen-bond donors (Lipinski definition) is 0. The molecular weight excluding hydrogens is 264 g/mol. The van der Waals surface area contributed by atoms with Crippen molar-refractivity contribution >= 4 is 22.9 Å². The van der Waals surface area contributed by atoms with Gasteiger partial charge >= 0.3 is 0 Å². The third-order valence-corrected chi connectivity index (χ3v) is 4.61. The summed E-state index contributed by atoms with van der Waals surface area (Å²) in [5.74, 6) is 0. The van der Waals surface area contributed by atoms with E-state index >= 15 is 0 Å². The molecule has 1 aliphatic rings. The second kappa shape index (κ2) is 5.39. The zero-order valence-corrected chi connectivity index (χ0v) is 11.6. The lowest BCUT2D eigenvalue weighted by Gasteiger charge is -2.21. The fraction of sp³-hybridized carbons (Fsp3) is 0.357. The van der Waals surface area contributed by atoms with Crippen LogP contribution in [-0.4, -0.2) is 15.9 Å². The lowest BCUT2D eigenvalue weighted by Crippen LogP contribution is -2.24. The molecule has 0 spiro atoms. The molecule has 0 amide bonds. The molecule has 0 aliphatic heterocycles. The van der Waals surface area contributed by atoms with Gasteiger partial charge in [0.05, 0.1) is 5.02 Å². The van der Waals surface area contributed by atoms with Gasteiger partial charge in [0.15, 0.2) is 0 Å². The first kappa shape index (κ1) is 12.2. The average Bonchev–Trinajstić information content (AvgIpc) is 3.16. The molecule has 1 fully saturated rings. The van der Waals surface area contributed by atoms with Crippen molar-refractivity contribution in [2.75, 3.05) is 0 Å². The predicted octanol–water partition coefficient (Wildman–Crippen LogP) is 3.96. The van der Waals surface area contributed by atoms with Crippen molar-refractivity contribution in [3.8, 4) is 0 Å². The Hall–Kier alpha value is -0.900. The summed E-state index contributed by atoms with van der Waals surface area (Å²) in [4.78, 5) is 7.86. The second-order valence-electron chi connectivity index (χ2n) is 4.68. The van der Waals surface area contributed by atoms with Gasteiger partial charge in [-0.3, -0.25) is 9.88 Å². The molecular formula is C14H15ClN2S. The molecule has 2 heterocycles. The molecule has 0 unspecified atom stereocenters. The fourth-order valence-electron chi connectivity index (χ4n) is 2.10. The Morgan fingerprint density at radius 2 is 2.00 bits per heavy atom. The number of aromatic nitrogens is 1. The van der Waals surface area contributed by atoms with Gasteiger partial charge in [-0.05, 0) is 42.0 Å². The molecule has 1 aliphatic carbocycles. The first-order valence-electron chi connectivity index (χ1n) is 6.18. The van der Waals surface area contributed by atoms with Crippen LogP contribution in [0.4, 0.5) is 0 Å². The molecule has 18 heavy (non-hydrogen) atoms. The van der Waals surface area contributed by atoms with Gasteiger partial charge in [-0.1, -0.05) is 11.6 Å². The van der Waals surface area contributed by atoms with Crippen molar-refractivity contribution < 1.29 is 0 Å². The van der Waals surface area contributed by atoms with Crippen LogP contribution in [0.25, 0.3) is 0 Å². The molecule has 0 radical (unpaired) electrons. The summed E-state index contributed by atoms with van der Waals surface area (Å²) < 4.78 is 0. The van der Waals surface area contributed by atoms with Crippen LogP contribution in [0.3, 0.4) is 0 Å². The van der Waals surface area contributed by atoms with Gasteiger partial charge in [-0.2, -0.15) is 0 Å². The number of thiophene rings is 1. The van der Waals surface area contributed by atoms with Gasteiger partial charge in [0.1, 0.15) is 0 Å². The highest BCUT2D eigenvalue weighted by Gasteiger charge is 2.29. The molecule has 2 aromatic rings. The Kier molecular flexibility index (Phi) is 3.64. The van der Waals surface area contributed by atoms with Crippen LogP contribution in [0.15, 0.2) is 36.0 Å². The van der Waals surface area contributed by atoms with Crippen LogP contribution in [0.1, 0.15) is 23.3 Å². The smallest absolute Gasteiger partial charge is 0.0558 e. The Morgan fingerprint density at radius 1 is 1.22 bits per heavy atom. The van der Waals surface area contributed by atoms with Crippen LogP contribution < -0.4 is 0 Å². The molecule has 94 valence electrons. The highest BCUT2D eigenvalue weighted by molar-refractivity contribution is 7.10. The topological polar surface area (TPSA) is 16.1 Å². The van der Waals surface area contributed by atoms with Gasteiger partial charge in [-0.25, -0.2) is 0 Å².